The number of benzene rings is 2. The summed E-state index contributed by atoms with van der Waals surface area (Å²) in [6.45, 7) is 2.32. The van der Waals surface area contributed by atoms with Gasteiger partial charge in [0.05, 0.1) is 24.8 Å². The Morgan fingerprint density at radius 3 is 2.52 bits per heavy atom. The zero-order chi connectivity index (χ0) is 23.1. The van der Waals surface area contributed by atoms with E-state index in [2.05, 4.69) is 9.89 Å². The molecule has 0 aromatic heterocycles. The summed E-state index contributed by atoms with van der Waals surface area (Å²) in [7, 11) is 0. The van der Waals surface area contributed by atoms with E-state index in [4.69, 9.17) is 11.6 Å². The predicted molar refractivity (Wildman–Crippen MR) is 120 cm³/mol. The molecule has 0 saturated heterocycles. The van der Waals surface area contributed by atoms with E-state index in [-0.39, 0.29) is 12.5 Å². The number of carbonyl (C=O) groups is 1. The zero-order valence-corrected chi connectivity index (χ0v) is 18.6. The fourth-order valence-corrected chi connectivity index (χ4v) is 4.95. The van der Waals surface area contributed by atoms with Crippen LogP contribution in [0.3, 0.4) is 0 Å². The number of hydrogen-bond donors (Lipinski definition) is 1. The number of guanidine groups is 1. The van der Waals surface area contributed by atoms with Crippen molar-refractivity contribution in [3.8, 4) is 0 Å². The normalized spacial score (nSPS) is 19.5. The second-order valence-corrected chi connectivity index (χ2v) is 8.86. The van der Waals surface area contributed by atoms with Crippen molar-refractivity contribution in [2.45, 2.75) is 19.0 Å². The van der Waals surface area contributed by atoms with Crippen molar-refractivity contribution in [1.82, 2.24) is 14.7 Å². The third-order valence-corrected chi connectivity index (χ3v) is 6.55. The fraction of sp³-hybridized carbons (Fsp3) is 0.333. The maximum Gasteiger partial charge on any atom is 0.260 e. The van der Waals surface area contributed by atoms with Gasteiger partial charge < -0.3 is 10.0 Å². The first-order valence-corrected chi connectivity index (χ1v) is 11.2. The Morgan fingerprint density at radius 1 is 1.09 bits per heavy atom. The van der Waals surface area contributed by atoms with Crippen molar-refractivity contribution >= 4 is 23.5 Å². The fourth-order valence-electron chi connectivity index (χ4n) is 4.83. The van der Waals surface area contributed by atoms with E-state index in [1.54, 1.807) is 29.2 Å². The zero-order valence-electron chi connectivity index (χ0n) is 17.8. The molecule has 6 nitrogen and oxygen atoms in total. The van der Waals surface area contributed by atoms with E-state index in [0.29, 0.717) is 61.3 Å². The molecule has 1 N–H and O–H groups in total. The van der Waals surface area contributed by atoms with E-state index < -0.39 is 17.7 Å². The third-order valence-electron chi connectivity index (χ3n) is 6.30. The molecule has 0 saturated carbocycles. The molecule has 3 aliphatic rings. The minimum atomic E-state index is -0.617. The molecule has 3 aliphatic heterocycles. The van der Waals surface area contributed by atoms with Gasteiger partial charge in [0.25, 0.3) is 5.91 Å². The summed E-state index contributed by atoms with van der Waals surface area (Å²) >= 11 is 6.02. The summed E-state index contributed by atoms with van der Waals surface area (Å²) in [4.78, 5) is 23.9. The van der Waals surface area contributed by atoms with Gasteiger partial charge in [-0.3, -0.25) is 19.6 Å². The highest BCUT2D eigenvalue weighted by atomic mass is 35.5. The lowest BCUT2D eigenvalue weighted by molar-refractivity contribution is -0.127. The molecule has 1 atom stereocenters. The lowest BCUT2D eigenvalue weighted by atomic mass is 9.97. The second kappa shape index (κ2) is 8.85. The van der Waals surface area contributed by atoms with E-state index in [1.165, 1.54) is 12.1 Å². The Balaban J connectivity index is 1.45. The Kier molecular flexibility index (Phi) is 5.90. The van der Waals surface area contributed by atoms with E-state index in [0.717, 1.165) is 17.3 Å². The van der Waals surface area contributed by atoms with Crippen LogP contribution in [0, 0.1) is 11.6 Å². The highest BCUT2D eigenvalue weighted by molar-refractivity contribution is 6.30. The Morgan fingerprint density at radius 2 is 1.82 bits per heavy atom. The predicted octanol–water partition coefficient (Wildman–Crippen LogP) is 3.33. The van der Waals surface area contributed by atoms with Gasteiger partial charge in [-0.05, 0) is 35.4 Å². The quantitative estimate of drug-likeness (QED) is 0.725. The van der Waals surface area contributed by atoms with Crippen molar-refractivity contribution in [3.05, 3.63) is 81.5 Å². The average molecular weight is 473 g/mol. The van der Waals surface area contributed by atoms with Gasteiger partial charge in [-0.15, -0.1) is 0 Å². The van der Waals surface area contributed by atoms with Gasteiger partial charge in [0, 0.05) is 49.4 Å². The maximum absolute atomic E-state index is 13.7. The standard InChI is InChI=1S/C24H23ClF2N4O2/c25-17-3-1-16(2-4-17)22(14-32)31-23(33)20-13-29(12-15-9-18(26)11-19(27)10-15)7-5-21(20)30-8-6-28-24(30)31/h1-4,9-11,22,32H,5-8,12-14H2. The SMILES string of the molecule is O=C1C2=C(CCN(Cc3cc(F)cc(F)c3)C2)N2CCN=C2N1C(CO)c1ccc(Cl)cc1. The summed E-state index contributed by atoms with van der Waals surface area (Å²) in [5, 5.41) is 10.8. The molecule has 2 aromatic rings. The summed E-state index contributed by atoms with van der Waals surface area (Å²) < 4.78 is 27.3. The number of amides is 1. The molecule has 9 heteroatoms. The van der Waals surface area contributed by atoms with Crippen LogP contribution in [0.15, 0.2) is 58.7 Å². The first-order chi connectivity index (χ1) is 15.9. The lowest BCUT2D eigenvalue weighted by Gasteiger charge is -2.44. The molecule has 5 rings (SSSR count). The molecule has 2 aromatic carbocycles. The molecule has 0 fully saturated rings. The molecule has 172 valence electrons. The molecular formula is C24H23ClF2N4O2. The van der Waals surface area contributed by atoms with Crippen LogP contribution in [0.4, 0.5) is 8.78 Å². The third kappa shape index (κ3) is 4.14. The number of aliphatic hydroxyl groups excluding tert-OH is 1. The van der Waals surface area contributed by atoms with Crippen LogP contribution in [0.2, 0.25) is 5.02 Å². The van der Waals surface area contributed by atoms with Crippen molar-refractivity contribution in [3.63, 3.8) is 0 Å². The largest absolute Gasteiger partial charge is 0.394 e. The molecule has 0 spiro atoms. The van der Waals surface area contributed by atoms with Crippen LogP contribution >= 0.6 is 11.6 Å². The minimum Gasteiger partial charge on any atom is -0.394 e. The Bertz CT molecular complexity index is 1130. The van der Waals surface area contributed by atoms with Crippen LogP contribution in [-0.2, 0) is 11.3 Å². The highest BCUT2D eigenvalue weighted by Crippen LogP contribution is 2.36. The molecular weight excluding hydrogens is 450 g/mol. The topological polar surface area (TPSA) is 59.4 Å². The smallest absolute Gasteiger partial charge is 0.260 e. The number of aliphatic imine (C=N–C) groups is 1. The number of halogens is 3. The van der Waals surface area contributed by atoms with Crippen LogP contribution < -0.4 is 0 Å². The first kappa shape index (κ1) is 22.0. The van der Waals surface area contributed by atoms with Gasteiger partial charge in [0.1, 0.15) is 11.6 Å². The molecule has 1 unspecified atom stereocenters. The Hall–Kier alpha value is -2.81. The van der Waals surface area contributed by atoms with Crippen LogP contribution in [0.25, 0.3) is 0 Å². The summed E-state index contributed by atoms with van der Waals surface area (Å²) in [6.07, 6.45) is 0.635. The van der Waals surface area contributed by atoms with Crippen LogP contribution in [0.1, 0.15) is 23.6 Å². The highest BCUT2D eigenvalue weighted by Gasteiger charge is 2.44. The van der Waals surface area contributed by atoms with Crippen molar-refractivity contribution in [1.29, 1.82) is 0 Å². The molecule has 0 radical (unpaired) electrons. The number of rotatable bonds is 5. The van der Waals surface area contributed by atoms with Crippen molar-refractivity contribution in [2.24, 2.45) is 4.99 Å². The number of hydrogen-bond acceptors (Lipinski definition) is 5. The number of nitrogens with zero attached hydrogens (tertiary/aromatic N) is 4. The van der Waals surface area contributed by atoms with Gasteiger partial charge in [0.15, 0.2) is 0 Å². The molecule has 3 heterocycles. The number of aliphatic hydroxyl groups is 1. The summed E-state index contributed by atoms with van der Waals surface area (Å²) in [5.41, 5.74) is 2.86. The maximum atomic E-state index is 13.7. The lowest BCUT2D eigenvalue weighted by Crippen LogP contribution is -2.55. The second-order valence-electron chi connectivity index (χ2n) is 8.42. The average Bonchev–Trinajstić information content (AvgIpc) is 3.26. The summed E-state index contributed by atoms with van der Waals surface area (Å²) in [6, 6.07) is 9.93. The van der Waals surface area contributed by atoms with Crippen LogP contribution in [-0.4, -0.2) is 64.5 Å². The number of fused-ring (bicyclic) bond motifs is 2. The van der Waals surface area contributed by atoms with E-state index in [9.17, 15) is 18.7 Å². The molecule has 33 heavy (non-hydrogen) atoms. The molecule has 1 amide bonds. The van der Waals surface area contributed by atoms with Crippen LogP contribution in [0.5, 0.6) is 0 Å². The van der Waals surface area contributed by atoms with E-state index >= 15 is 0 Å². The Labute approximate surface area is 195 Å². The minimum absolute atomic E-state index is 0.203. The molecule has 0 bridgehead atoms. The van der Waals surface area contributed by atoms with Gasteiger partial charge in [-0.25, -0.2) is 8.78 Å². The van der Waals surface area contributed by atoms with Gasteiger partial charge in [-0.2, -0.15) is 0 Å². The van der Waals surface area contributed by atoms with Crippen molar-refractivity contribution < 1.29 is 18.7 Å². The van der Waals surface area contributed by atoms with Crippen molar-refractivity contribution in [2.75, 3.05) is 32.8 Å². The van der Waals surface area contributed by atoms with Gasteiger partial charge >= 0.3 is 0 Å². The first-order valence-electron chi connectivity index (χ1n) is 10.9. The number of carbonyl (C=O) groups excluding carboxylic acids is 1. The van der Waals surface area contributed by atoms with E-state index in [1.807, 2.05) is 4.90 Å². The summed E-state index contributed by atoms with van der Waals surface area (Å²) in [5.74, 6) is -0.874. The van der Waals surface area contributed by atoms with Gasteiger partial charge in [-0.1, -0.05) is 23.7 Å². The molecule has 0 aliphatic carbocycles. The monoisotopic (exact) mass is 472 g/mol. The van der Waals surface area contributed by atoms with Gasteiger partial charge in [0.2, 0.25) is 5.96 Å².